The van der Waals surface area contributed by atoms with Crippen molar-refractivity contribution in [3.63, 3.8) is 0 Å². The number of piperazine rings is 1. The number of carbonyl (C=O) groups excluding carboxylic acids is 1. The quantitative estimate of drug-likeness (QED) is 0.735. The first-order valence-electron chi connectivity index (χ1n) is 9.32. The number of amides is 1. The van der Waals surface area contributed by atoms with Gasteiger partial charge in [0.1, 0.15) is 11.6 Å². The maximum absolute atomic E-state index is 14.4. The van der Waals surface area contributed by atoms with Crippen molar-refractivity contribution in [1.82, 2.24) is 15.5 Å². The Morgan fingerprint density at radius 1 is 1.15 bits per heavy atom. The molecule has 0 saturated carbocycles. The first-order chi connectivity index (χ1) is 13.2. The summed E-state index contributed by atoms with van der Waals surface area (Å²) in [6.07, 6.45) is 0.858. The first kappa shape index (κ1) is 19.3. The van der Waals surface area contributed by atoms with Crippen LogP contribution < -0.4 is 15.4 Å². The fraction of sp³-hybridized carbons (Fsp3) is 0.381. The van der Waals surface area contributed by atoms with E-state index in [1.807, 2.05) is 24.3 Å². The van der Waals surface area contributed by atoms with E-state index in [4.69, 9.17) is 4.74 Å². The van der Waals surface area contributed by atoms with Crippen molar-refractivity contribution in [2.75, 3.05) is 46.4 Å². The second kappa shape index (κ2) is 9.48. The Hall–Kier alpha value is -2.44. The van der Waals surface area contributed by atoms with Crippen molar-refractivity contribution in [3.8, 4) is 16.9 Å². The van der Waals surface area contributed by atoms with E-state index in [1.54, 1.807) is 19.2 Å². The van der Waals surface area contributed by atoms with Crippen molar-refractivity contribution in [3.05, 3.63) is 53.8 Å². The zero-order valence-electron chi connectivity index (χ0n) is 15.6. The van der Waals surface area contributed by atoms with Crippen LogP contribution in [0.25, 0.3) is 11.1 Å². The molecule has 0 aromatic heterocycles. The summed E-state index contributed by atoms with van der Waals surface area (Å²) in [5, 5.41) is 6.13. The number of hydrogen-bond donors (Lipinski definition) is 2. The average Bonchev–Trinajstić information content (AvgIpc) is 2.72. The fourth-order valence-electron chi connectivity index (χ4n) is 3.20. The molecule has 6 heteroatoms. The van der Waals surface area contributed by atoms with Crippen LogP contribution in [0, 0.1) is 5.82 Å². The Morgan fingerprint density at radius 3 is 2.52 bits per heavy atom. The Kier molecular flexibility index (Phi) is 6.79. The van der Waals surface area contributed by atoms with E-state index in [2.05, 4.69) is 15.5 Å². The fourth-order valence-corrected chi connectivity index (χ4v) is 3.20. The molecular formula is C21H26FN3O2. The number of methoxy groups -OCH3 is 1. The molecule has 1 fully saturated rings. The molecule has 144 valence electrons. The number of rotatable bonds is 7. The van der Waals surface area contributed by atoms with Crippen LogP contribution >= 0.6 is 0 Å². The summed E-state index contributed by atoms with van der Waals surface area (Å²) in [4.78, 5) is 14.6. The predicted molar refractivity (Wildman–Crippen MR) is 105 cm³/mol. The molecule has 0 unspecified atom stereocenters. The SMILES string of the molecule is COc1ccc(-c2ccc(C(=O)NCCCN3CCNCC3)c(F)c2)cc1. The number of carbonyl (C=O) groups is 1. The van der Waals surface area contributed by atoms with Gasteiger partial charge in [-0.3, -0.25) is 4.79 Å². The van der Waals surface area contributed by atoms with Crippen molar-refractivity contribution in [2.24, 2.45) is 0 Å². The third-order valence-corrected chi connectivity index (χ3v) is 4.78. The van der Waals surface area contributed by atoms with Crippen molar-refractivity contribution >= 4 is 5.91 Å². The lowest BCUT2D eigenvalue weighted by atomic mass is 10.0. The minimum Gasteiger partial charge on any atom is -0.497 e. The molecule has 0 aliphatic carbocycles. The maximum Gasteiger partial charge on any atom is 0.254 e. The van der Waals surface area contributed by atoms with E-state index in [0.29, 0.717) is 6.54 Å². The summed E-state index contributed by atoms with van der Waals surface area (Å²) in [6, 6.07) is 12.1. The lowest BCUT2D eigenvalue weighted by Crippen LogP contribution is -2.44. The standard InChI is InChI=1S/C21H26FN3O2/c1-27-18-6-3-16(4-7-18)17-5-8-19(20(22)15-17)21(26)24-9-2-12-25-13-10-23-11-14-25/h3-8,15,23H,2,9-14H2,1H3,(H,24,26). The Morgan fingerprint density at radius 2 is 1.85 bits per heavy atom. The van der Waals surface area contributed by atoms with Crippen molar-refractivity contribution in [1.29, 1.82) is 0 Å². The summed E-state index contributed by atoms with van der Waals surface area (Å²) < 4.78 is 19.6. The molecule has 1 saturated heterocycles. The minimum absolute atomic E-state index is 0.0782. The molecule has 1 aliphatic rings. The van der Waals surface area contributed by atoms with Crippen LogP contribution in [0.4, 0.5) is 4.39 Å². The second-order valence-corrected chi connectivity index (χ2v) is 6.62. The number of nitrogens with one attached hydrogen (secondary N) is 2. The summed E-state index contributed by atoms with van der Waals surface area (Å²) >= 11 is 0. The van der Waals surface area contributed by atoms with E-state index in [0.717, 1.165) is 56.0 Å². The van der Waals surface area contributed by atoms with E-state index in [9.17, 15) is 9.18 Å². The van der Waals surface area contributed by atoms with Gasteiger partial charge in [0.15, 0.2) is 0 Å². The Balaban J connectivity index is 1.53. The highest BCUT2D eigenvalue weighted by molar-refractivity contribution is 5.95. The lowest BCUT2D eigenvalue weighted by molar-refractivity contribution is 0.0947. The van der Waals surface area contributed by atoms with E-state index < -0.39 is 5.82 Å². The highest BCUT2D eigenvalue weighted by Crippen LogP contribution is 2.24. The van der Waals surface area contributed by atoms with Gasteiger partial charge in [0.05, 0.1) is 12.7 Å². The third-order valence-electron chi connectivity index (χ3n) is 4.78. The van der Waals surface area contributed by atoms with Gasteiger partial charge < -0.3 is 20.3 Å². The zero-order valence-corrected chi connectivity index (χ0v) is 15.6. The number of halogens is 1. The summed E-state index contributed by atoms with van der Waals surface area (Å²) in [5.74, 6) is -0.131. The molecule has 1 amide bonds. The van der Waals surface area contributed by atoms with Gasteiger partial charge in [0.25, 0.3) is 5.91 Å². The van der Waals surface area contributed by atoms with Crippen LogP contribution in [-0.2, 0) is 0 Å². The molecule has 0 spiro atoms. The minimum atomic E-state index is -0.511. The highest BCUT2D eigenvalue weighted by Gasteiger charge is 2.13. The molecule has 0 radical (unpaired) electrons. The van der Waals surface area contributed by atoms with Gasteiger partial charge in [0, 0.05) is 32.7 Å². The average molecular weight is 371 g/mol. The van der Waals surface area contributed by atoms with Gasteiger partial charge in [-0.1, -0.05) is 18.2 Å². The molecular weight excluding hydrogens is 345 g/mol. The maximum atomic E-state index is 14.4. The molecule has 2 aromatic carbocycles. The number of benzene rings is 2. The van der Waals surface area contributed by atoms with Gasteiger partial charge in [-0.25, -0.2) is 4.39 Å². The normalized spacial score (nSPS) is 14.7. The molecule has 0 atom stereocenters. The molecule has 3 rings (SSSR count). The smallest absolute Gasteiger partial charge is 0.254 e. The van der Waals surface area contributed by atoms with Gasteiger partial charge in [-0.05, 0) is 48.4 Å². The van der Waals surface area contributed by atoms with Crippen LogP contribution in [0.15, 0.2) is 42.5 Å². The third kappa shape index (κ3) is 5.28. The van der Waals surface area contributed by atoms with Crippen LogP contribution in [0.2, 0.25) is 0 Å². The highest BCUT2D eigenvalue weighted by atomic mass is 19.1. The topological polar surface area (TPSA) is 53.6 Å². The van der Waals surface area contributed by atoms with Crippen LogP contribution in [0.3, 0.4) is 0 Å². The van der Waals surface area contributed by atoms with Crippen LogP contribution in [0.1, 0.15) is 16.8 Å². The molecule has 27 heavy (non-hydrogen) atoms. The largest absolute Gasteiger partial charge is 0.497 e. The van der Waals surface area contributed by atoms with E-state index >= 15 is 0 Å². The molecule has 5 nitrogen and oxygen atoms in total. The van der Waals surface area contributed by atoms with Gasteiger partial charge in [-0.15, -0.1) is 0 Å². The predicted octanol–water partition coefficient (Wildman–Crippen LogP) is 2.53. The van der Waals surface area contributed by atoms with Gasteiger partial charge in [0.2, 0.25) is 0 Å². The Labute approximate surface area is 159 Å². The van der Waals surface area contributed by atoms with Crippen LogP contribution in [-0.4, -0.2) is 57.2 Å². The first-order valence-corrected chi connectivity index (χ1v) is 9.32. The van der Waals surface area contributed by atoms with Gasteiger partial charge in [-0.2, -0.15) is 0 Å². The lowest BCUT2D eigenvalue weighted by Gasteiger charge is -2.27. The zero-order chi connectivity index (χ0) is 19.1. The second-order valence-electron chi connectivity index (χ2n) is 6.62. The van der Waals surface area contributed by atoms with Crippen molar-refractivity contribution in [2.45, 2.75) is 6.42 Å². The number of nitrogens with zero attached hydrogens (tertiary/aromatic N) is 1. The monoisotopic (exact) mass is 371 g/mol. The van der Waals surface area contributed by atoms with E-state index in [1.165, 1.54) is 6.07 Å². The summed E-state index contributed by atoms with van der Waals surface area (Å²) in [6.45, 7) is 5.59. The number of hydrogen-bond acceptors (Lipinski definition) is 4. The van der Waals surface area contributed by atoms with Crippen LogP contribution in [0.5, 0.6) is 5.75 Å². The summed E-state index contributed by atoms with van der Waals surface area (Å²) in [7, 11) is 1.60. The Bertz CT molecular complexity index is 759. The van der Waals surface area contributed by atoms with Crippen molar-refractivity contribution < 1.29 is 13.9 Å². The summed E-state index contributed by atoms with van der Waals surface area (Å²) in [5.41, 5.74) is 1.68. The molecule has 2 N–H and O–H groups in total. The van der Waals surface area contributed by atoms with E-state index in [-0.39, 0.29) is 11.5 Å². The van der Waals surface area contributed by atoms with Gasteiger partial charge >= 0.3 is 0 Å². The molecule has 0 bridgehead atoms. The molecule has 1 heterocycles. The molecule has 1 aliphatic heterocycles. The molecule has 2 aromatic rings. The number of ether oxygens (including phenoxy) is 1.